The number of halogens is 1. The number of nitrogens with two attached hydrogens (primary N) is 1. The Morgan fingerprint density at radius 1 is 1.39 bits per heavy atom. The zero-order valence-corrected chi connectivity index (χ0v) is 10.2. The molecular formula is C12H11FN2O2S. The number of amides is 1. The third kappa shape index (κ3) is 3.18. The van der Waals surface area contributed by atoms with Crippen LogP contribution in [0.5, 0.6) is 0 Å². The van der Waals surface area contributed by atoms with E-state index < -0.39 is 0 Å². The van der Waals surface area contributed by atoms with Gasteiger partial charge in [-0.25, -0.2) is 4.39 Å². The number of carbonyl (C=O) groups excluding carboxylic acids is 1. The van der Waals surface area contributed by atoms with Gasteiger partial charge in [0.1, 0.15) is 12.4 Å². The van der Waals surface area contributed by atoms with Gasteiger partial charge in [-0.2, -0.15) is 4.99 Å². The van der Waals surface area contributed by atoms with Crippen LogP contribution in [0.2, 0.25) is 0 Å². The Balaban J connectivity index is 2.07. The smallest absolute Gasteiger partial charge is 0.287 e. The number of nitrogens with zero attached hydrogens (tertiary/aromatic N) is 1. The van der Waals surface area contributed by atoms with Crippen LogP contribution in [0.1, 0.15) is 5.56 Å². The average Bonchev–Trinajstić information content (AvgIpc) is 2.70. The highest BCUT2D eigenvalue weighted by atomic mass is 32.2. The molecule has 0 saturated carbocycles. The average molecular weight is 266 g/mol. The Labute approximate surface area is 108 Å². The summed E-state index contributed by atoms with van der Waals surface area (Å²) in [5.41, 5.74) is 6.03. The molecule has 0 bridgehead atoms. The Morgan fingerprint density at radius 2 is 2.11 bits per heavy atom. The van der Waals surface area contributed by atoms with Gasteiger partial charge >= 0.3 is 0 Å². The number of thioether (sulfide) groups is 1. The fourth-order valence-electron chi connectivity index (χ4n) is 1.31. The normalized spacial score (nSPS) is 17.1. The highest BCUT2D eigenvalue weighted by Gasteiger charge is 2.22. The molecule has 0 atom stereocenters. The summed E-state index contributed by atoms with van der Waals surface area (Å²) >= 11 is 1.15. The van der Waals surface area contributed by atoms with Crippen molar-refractivity contribution in [1.82, 2.24) is 0 Å². The lowest BCUT2D eigenvalue weighted by Crippen LogP contribution is -2.10. The van der Waals surface area contributed by atoms with Crippen molar-refractivity contribution in [1.29, 1.82) is 0 Å². The predicted octanol–water partition coefficient (Wildman–Crippen LogP) is 1.77. The summed E-state index contributed by atoms with van der Waals surface area (Å²) in [7, 11) is 0. The molecule has 1 amide bonds. The second-order valence-corrected chi connectivity index (χ2v) is 4.48. The van der Waals surface area contributed by atoms with E-state index in [0.29, 0.717) is 23.3 Å². The number of carbonyl (C=O) groups is 1. The van der Waals surface area contributed by atoms with E-state index in [1.165, 1.54) is 12.1 Å². The van der Waals surface area contributed by atoms with Crippen LogP contribution >= 0.6 is 11.8 Å². The van der Waals surface area contributed by atoms with E-state index in [9.17, 15) is 9.18 Å². The van der Waals surface area contributed by atoms with Gasteiger partial charge in [0, 0.05) is 6.54 Å². The van der Waals surface area contributed by atoms with E-state index in [2.05, 4.69) is 4.99 Å². The summed E-state index contributed by atoms with van der Waals surface area (Å²) in [5.74, 6) is -0.665. The lowest BCUT2D eigenvalue weighted by atomic mass is 10.2. The quantitative estimate of drug-likeness (QED) is 0.847. The van der Waals surface area contributed by atoms with Crippen molar-refractivity contribution in [2.45, 2.75) is 0 Å². The Bertz CT molecular complexity index is 511. The van der Waals surface area contributed by atoms with Crippen molar-refractivity contribution in [3.05, 3.63) is 40.6 Å². The first-order valence-corrected chi connectivity index (χ1v) is 6.11. The predicted molar refractivity (Wildman–Crippen MR) is 69.4 cm³/mol. The maximum Gasteiger partial charge on any atom is 0.287 e. The van der Waals surface area contributed by atoms with Crippen molar-refractivity contribution >= 4 is 29.0 Å². The van der Waals surface area contributed by atoms with E-state index in [1.54, 1.807) is 18.2 Å². The van der Waals surface area contributed by atoms with Crippen LogP contribution in [0.4, 0.5) is 4.39 Å². The van der Waals surface area contributed by atoms with E-state index >= 15 is 0 Å². The van der Waals surface area contributed by atoms with E-state index in [-0.39, 0.29) is 11.7 Å². The summed E-state index contributed by atoms with van der Waals surface area (Å²) in [6.45, 7) is 0.688. The topological polar surface area (TPSA) is 64.7 Å². The van der Waals surface area contributed by atoms with Gasteiger partial charge in [-0.1, -0.05) is 12.1 Å². The van der Waals surface area contributed by atoms with Crippen LogP contribution in [-0.4, -0.2) is 24.3 Å². The van der Waals surface area contributed by atoms with Crippen molar-refractivity contribution < 1.29 is 13.9 Å². The first kappa shape index (κ1) is 12.8. The van der Waals surface area contributed by atoms with Gasteiger partial charge in [0.15, 0.2) is 0 Å². The third-order valence-electron chi connectivity index (χ3n) is 2.11. The summed E-state index contributed by atoms with van der Waals surface area (Å²) in [6.07, 6.45) is 1.65. The third-order valence-corrected chi connectivity index (χ3v) is 3.01. The lowest BCUT2D eigenvalue weighted by molar-refractivity contribution is -0.113. The summed E-state index contributed by atoms with van der Waals surface area (Å²) in [5, 5.41) is 0.304. The maximum absolute atomic E-state index is 12.7. The molecule has 0 fully saturated rings. The first-order valence-electron chi connectivity index (χ1n) is 5.30. The highest BCUT2D eigenvalue weighted by Crippen LogP contribution is 2.28. The second-order valence-electron chi connectivity index (χ2n) is 3.48. The molecule has 0 saturated heterocycles. The number of benzene rings is 1. The molecule has 1 aliphatic rings. The van der Waals surface area contributed by atoms with Crippen LogP contribution in [0.15, 0.2) is 34.2 Å². The van der Waals surface area contributed by atoms with Gasteiger partial charge in [0.05, 0.1) is 4.91 Å². The molecule has 0 aliphatic carbocycles. The highest BCUT2D eigenvalue weighted by molar-refractivity contribution is 8.18. The van der Waals surface area contributed by atoms with Crippen LogP contribution in [0.3, 0.4) is 0 Å². The van der Waals surface area contributed by atoms with Crippen molar-refractivity contribution in [2.24, 2.45) is 10.7 Å². The molecule has 6 heteroatoms. The Hall–Kier alpha value is -1.66. The molecule has 1 aliphatic heterocycles. The van der Waals surface area contributed by atoms with E-state index in [0.717, 1.165) is 17.3 Å². The monoisotopic (exact) mass is 266 g/mol. The Morgan fingerprint density at radius 3 is 2.78 bits per heavy atom. The number of hydrogen-bond acceptors (Lipinski definition) is 4. The molecule has 0 unspecified atom stereocenters. The van der Waals surface area contributed by atoms with Crippen LogP contribution in [-0.2, 0) is 9.53 Å². The van der Waals surface area contributed by atoms with Gasteiger partial charge in [0.2, 0.25) is 0 Å². The van der Waals surface area contributed by atoms with Crippen molar-refractivity contribution in [2.75, 3.05) is 13.2 Å². The summed E-state index contributed by atoms with van der Waals surface area (Å²) in [4.78, 5) is 15.8. The minimum atomic E-state index is -0.351. The summed E-state index contributed by atoms with van der Waals surface area (Å²) < 4.78 is 17.9. The molecule has 0 aromatic heterocycles. The van der Waals surface area contributed by atoms with Crippen LogP contribution < -0.4 is 5.73 Å². The summed E-state index contributed by atoms with van der Waals surface area (Å²) in [6, 6.07) is 5.86. The largest absolute Gasteiger partial charge is 0.471 e. The molecule has 94 valence electrons. The zero-order valence-electron chi connectivity index (χ0n) is 9.43. The fourth-order valence-corrected chi connectivity index (χ4v) is 2.10. The number of ether oxygens (including phenoxy) is 1. The molecule has 4 nitrogen and oxygen atoms in total. The molecule has 1 aromatic rings. The minimum absolute atomic E-state index is 0.304. The van der Waals surface area contributed by atoms with Gasteiger partial charge < -0.3 is 10.5 Å². The lowest BCUT2D eigenvalue weighted by Gasteiger charge is -2.00. The first-order chi connectivity index (χ1) is 8.69. The second kappa shape index (κ2) is 5.79. The van der Waals surface area contributed by atoms with Gasteiger partial charge in [-0.05, 0) is 35.5 Å². The molecule has 1 heterocycles. The van der Waals surface area contributed by atoms with Crippen LogP contribution in [0, 0.1) is 5.82 Å². The fraction of sp³-hybridized carbons (Fsp3) is 0.167. The molecule has 18 heavy (non-hydrogen) atoms. The molecule has 1 aromatic carbocycles. The van der Waals surface area contributed by atoms with Gasteiger partial charge in [-0.15, -0.1) is 0 Å². The SMILES string of the molecule is NCCOC1=NC(=O)/C(=C\c2ccc(F)cc2)S1. The number of aliphatic imine (C=N–C) groups is 1. The molecule has 0 spiro atoms. The van der Waals surface area contributed by atoms with Crippen molar-refractivity contribution in [3.8, 4) is 0 Å². The van der Waals surface area contributed by atoms with E-state index in [4.69, 9.17) is 10.5 Å². The standard InChI is InChI=1S/C12H11FN2O2S/c13-9-3-1-8(2-4-9)7-10-11(16)15-12(18-10)17-6-5-14/h1-4,7H,5-6,14H2/b10-7+. The molecular weight excluding hydrogens is 255 g/mol. The van der Waals surface area contributed by atoms with Crippen LogP contribution in [0.25, 0.3) is 6.08 Å². The van der Waals surface area contributed by atoms with Gasteiger partial charge in [0.25, 0.3) is 11.1 Å². The molecule has 0 radical (unpaired) electrons. The number of rotatable bonds is 3. The van der Waals surface area contributed by atoms with Crippen molar-refractivity contribution in [3.63, 3.8) is 0 Å². The molecule has 2 N–H and O–H groups in total. The minimum Gasteiger partial charge on any atom is -0.471 e. The van der Waals surface area contributed by atoms with Gasteiger partial charge in [-0.3, -0.25) is 4.79 Å². The molecule has 2 rings (SSSR count). The maximum atomic E-state index is 12.7. The number of hydrogen-bond donors (Lipinski definition) is 1. The zero-order chi connectivity index (χ0) is 13.0. The van der Waals surface area contributed by atoms with E-state index in [1.807, 2.05) is 0 Å². The Kier molecular flexibility index (Phi) is 4.11.